The fraction of sp³-hybridized carbons (Fsp3) is 0.522. The number of fused-ring (bicyclic) bond motifs is 2. The fourth-order valence-corrected chi connectivity index (χ4v) is 4.97. The minimum atomic E-state index is 0.124. The number of imidazole rings is 1. The van der Waals surface area contributed by atoms with Gasteiger partial charge >= 0.3 is 0 Å². The molecule has 2 unspecified atom stereocenters. The Morgan fingerprint density at radius 1 is 1.19 bits per heavy atom. The van der Waals surface area contributed by atoms with Crippen molar-refractivity contribution in [1.82, 2.24) is 29.2 Å². The van der Waals surface area contributed by atoms with Crippen LogP contribution in [-0.2, 0) is 13.0 Å². The number of aryl methyl sites for hydroxylation is 1. The number of pyridine rings is 1. The van der Waals surface area contributed by atoms with Crippen LogP contribution in [0.4, 0.5) is 5.95 Å². The first-order valence-electron chi connectivity index (χ1n) is 11.2. The van der Waals surface area contributed by atoms with Crippen LogP contribution in [0.15, 0.2) is 36.8 Å². The number of likely N-dealkylation sites (N-methyl/N-ethyl adjacent to an activating group) is 1. The largest absolute Gasteiger partial charge is 0.395 e. The zero-order chi connectivity index (χ0) is 21.4. The second-order valence-electron chi connectivity index (χ2n) is 8.84. The van der Waals surface area contributed by atoms with Crippen LogP contribution in [0.1, 0.15) is 35.8 Å². The van der Waals surface area contributed by atoms with Crippen molar-refractivity contribution in [2.24, 2.45) is 0 Å². The van der Waals surface area contributed by atoms with Gasteiger partial charge in [0, 0.05) is 44.8 Å². The van der Waals surface area contributed by atoms with Crippen molar-refractivity contribution >= 4 is 11.6 Å². The van der Waals surface area contributed by atoms with E-state index in [-0.39, 0.29) is 12.6 Å². The maximum atomic E-state index is 9.72. The van der Waals surface area contributed by atoms with Gasteiger partial charge in [0.2, 0.25) is 5.95 Å². The molecule has 5 rings (SSSR count). The van der Waals surface area contributed by atoms with Crippen LogP contribution in [-0.4, -0.2) is 80.6 Å². The quantitative estimate of drug-likeness (QED) is 0.673. The van der Waals surface area contributed by atoms with Crippen molar-refractivity contribution in [2.75, 3.05) is 45.2 Å². The van der Waals surface area contributed by atoms with Gasteiger partial charge in [0.05, 0.1) is 30.1 Å². The number of aliphatic hydroxyl groups excluding tert-OH is 1. The second-order valence-corrected chi connectivity index (χ2v) is 8.84. The molecule has 0 radical (unpaired) electrons. The Kier molecular flexibility index (Phi) is 5.60. The lowest BCUT2D eigenvalue weighted by Crippen LogP contribution is -2.53. The van der Waals surface area contributed by atoms with E-state index in [9.17, 15) is 5.11 Å². The summed E-state index contributed by atoms with van der Waals surface area (Å²) in [6.45, 7) is 3.47. The molecule has 0 aromatic carbocycles. The van der Waals surface area contributed by atoms with Crippen molar-refractivity contribution in [1.29, 1.82) is 0 Å². The fourth-order valence-electron chi connectivity index (χ4n) is 4.97. The minimum absolute atomic E-state index is 0.124. The predicted octanol–water partition coefficient (Wildman–Crippen LogP) is 1.75. The number of aromatic nitrogens is 4. The van der Waals surface area contributed by atoms with Crippen molar-refractivity contribution in [3.05, 3.63) is 53.7 Å². The number of hydrogen-bond acceptors (Lipinski definition) is 7. The van der Waals surface area contributed by atoms with Gasteiger partial charge in [-0.05, 0) is 51.1 Å². The summed E-state index contributed by atoms with van der Waals surface area (Å²) in [6, 6.07) is 6.66. The molecule has 2 aliphatic rings. The Morgan fingerprint density at radius 2 is 2.10 bits per heavy atom. The van der Waals surface area contributed by atoms with Gasteiger partial charge in [-0.15, -0.1) is 0 Å². The molecule has 1 fully saturated rings. The first-order valence-corrected chi connectivity index (χ1v) is 11.2. The van der Waals surface area contributed by atoms with Gasteiger partial charge in [-0.3, -0.25) is 19.2 Å². The summed E-state index contributed by atoms with van der Waals surface area (Å²) in [5.74, 6) is 0.898. The lowest BCUT2D eigenvalue weighted by atomic mass is 9.91. The van der Waals surface area contributed by atoms with Crippen LogP contribution >= 0.6 is 0 Å². The van der Waals surface area contributed by atoms with Crippen molar-refractivity contribution < 1.29 is 5.11 Å². The molecule has 8 heteroatoms. The van der Waals surface area contributed by atoms with Gasteiger partial charge in [0.1, 0.15) is 5.65 Å². The molecule has 1 aliphatic carbocycles. The first kappa shape index (κ1) is 20.4. The van der Waals surface area contributed by atoms with E-state index in [0.29, 0.717) is 6.04 Å². The Labute approximate surface area is 183 Å². The van der Waals surface area contributed by atoms with Gasteiger partial charge in [-0.25, -0.2) is 9.97 Å². The SMILES string of the molecule is CN1CCN(c2nccc3nc(CN(C)C4CCCc5cccnc54)cn23)CC1CO. The number of piperazine rings is 1. The zero-order valence-electron chi connectivity index (χ0n) is 18.4. The Balaban J connectivity index is 1.38. The zero-order valence-corrected chi connectivity index (χ0v) is 18.4. The highest BCUT2D eigenvalue weighted by Crippen LogP contribution is 2.32. The predicted molar refractivity (Wildman–Crippen MR) is 120 cm³/mol. The summed E-state index contributed by atoms with van der Waals surface area (Å²) in [4.78, 5) is 21.1. The highest BCUT2D eigenvalue weighted by Gasteiger charge is 2.27. The van der Waals surface area contributed by atoms with E-state index in [2.05, 4.69) is 50.4 Å². The molecule has 1 N–H and O–H groups in total. The molecule has 31 heavy (non-hydrogen) atoms. The highest BCUT2D eigenvalue weighted by molar-refractivity contribution is 5.48. The average Bonchev–Trinajstić information content (AvgIpc) is 3.21. The third-order valence-corrected chi connectivity index (χ3v) is 6.79. The summed E-state index contributed by atoms with van der Waals surface area (Å²) in [5.41, 5.74) is 4.54. The van der Waals surface area contributed by atoms with Crippen LogP contribution in [0.5, 0.6) is 0 Å². The summed E-state index contributed by atoms with van der Waals surface area (Å²) < 4.78 is 2.09. The Bertz CT molecular complexity index is 1050. The van der Waals surface area contributed by atoms with E-state index in [1.165, 1.54) is 17.7 Å². The van der Waals surface area contributed by atoms with Crippen LogP contribution < -0.4 is 4.90 Å². The van der Waals surface area contributed by atoms with Gasteiger partial charge < -0.3 is 10.0 Å². The molecule has 8 nitrogen and oxygen atoms in total. The van der Waals surface area contributed by atoms with Crippen molar-refractivity contribution in [2.45, 2.75) is 37.9 Å². The van der Waals surface area contributed by atoms with Crippen LogP contribution in [0, 0.1) is 0 Å². The maximum absolute atomic E-state index is 9.72. The highest BCUT2D eigenvalue weighted by atomic mass is 16.3. The molecule has 0 saturated carbocycles. The molecule has 2 atom stereocenters. The summed E-state index contributed by atoms with van der Waals surface area (Å²) in [5, 5.41) is 9.72. The molecule has 1 saturated heterocycles. The molecule has 164 valence electrons. The van der Waals surface area contributed by atoms with E-state index in [4.69, 9.17) is 9.97 Å². The maximum Gasteiger partial charge on any atom is 0.211 e. The number of rotatable bonds is 5. The number of hydrogen-bond donors (Lipinski definition) is 1. The van der Waals surface area contributed by atoms with Crippen LogP contribution in [0.3, 0.4) is 0 Å². The van der Waals surface area contributed by atoms with Gasteiger partial charge in [-0.1, -0.05) is 6.07 Å². The molecule has 1 aliphatic heterocycles. The van der Waals surface area contributed by atoms with Gasteiger partial charge in [-0.2, -0.15) is 0 Å². The Morgan fingerprint density at radius 3 is 2.97 bits per heavy atom. The van der Waals surface area contributed by atoms with E-state index in [1.54, 1.807) is 0 Å². The van der Waals surface area contributed by atoms with E-state index >= 15 is 0 Å². The lowest BCUT2D eigenvalue weighted by molar-refractivity contribution is 0.135. The minimum Gasteiger partial charge on any atom is -0.395 e. The molecule has 3 aromatic rings. The van der Waals surface area contributed by atoms with Crippen LogP contribution in [0.2, 0.25) is 0 Å². The van der Waals surface area contributed by atoms with Crippen molar-refractivity contribution in [3.63, 3.8) is 0 Å². The molecule has 0 amide bonds. The second kappa shape index (κ2) is 8.53. The molecule has 0 spiro atoms. The monoisotopic (exact) mass is 421 g/mol. The summed E-state index contributed by atoms with van der Waals surface area (Å²) >= 11 is 0. The molecule has 4 heterocycles. The lowest BCUT2D eigenvalue weighted by Gasteiger charge is -2.39. The van der Waals surface area contributed by atoms with Crippen molar-refractivity contribution in [3.8, 4) is 0 Å². The summed E-state index contributed by atoms with van der Waals surface area (Å²) in [6.07, 6.45) is 9.30. The molecule has 3 aromatic heterocycles. The average molecular weight is 422 g/mol. The number of aliphatic hydroxyl groups is 1. The van der Waals surface area contributed by atoms with E-state index in [0.717, 1.165) is 56.3 Å². The smallest absolute Gasteiger partial charge is 0.211 e. The van der Waals surface area contributed by atoms with Crippen LogP contribution in [0.25, 0.3) is 5.65 Å². The molecular formula is C23H31N7O. The van der Waals surface area contributed by atoms with E-state index < -0.39 is 0 Å². The normalized spacial score (nSPS) is 22.3. The van der Waals surface area contributed by atoms with E-state index in [1.807, 2.05) is 24.5 Å². The molecular weight excluding hydrogens is 390 g/mol. The topological polar surface area (TPSA) is 73.0 Å². The number of anilines is 1. The molecule has 0 bridgehead atoms. The standard InChI is InChI=1S/C23H31N7O/c1-27-11-12-29(15-19(27)16-31)23-25-10-8-21-26-18(14-30(21)23)13-28(2)20-7-3-5-17-6-4-9-24-22(17)20/h4,6,8-10,14,19-20,31H,3,5,7,11-13,15-16H2,1-2H3. The van der Waals surface area contributed by atoms with Gasteiger partial charge in [0.25, 0.3) is 0 Å². The summed E-state index contributed by atoms with van der Waals surface area (Å²) in [7, 11) is 4.24. The number of nitrogens with zero attached hydrogens (tertiary/aromatic N) is 7. The first-order chi connectivity index (χ1) is 15.1. The third-order valence-electron chi connectivity index (χ3n) is 6.79. The Hall–Kier alpha value is -2.55. The third kappa shape index (κ3) is 3.91. The van der Waals surface area contributed by atoms with Gasteiger partial charge in [0.15, 0.2) is 0 Å².